The molecule has 3 rings (SSSR count). The summed E-state index contributed by atoms with van der Waals surface area (Å²) in [7, 11) is 0. The van der Waals surface area contributed by atoms with Gasteiger partial charge in [-0.25, -0.2) is 6.07 Å². The van der Waals surface area contributed by atoms with Crippen LogP contribution in [0.5, 0.6) is 0 Å². The second-order valence-corrected chi connectivity index (χ2v) is 3.35. The van der Waals surface area contributed by atoms with Gasteiger partial charge in [-0.1, -0.05) is 18.0 Å². The Balaban J connectivity index is 0.000000562. The van der Waals surface area contributed by atoms with Gasteiger partial charge in [0.25, 0.3) is 0 Å². The topological polar surface area (TPSA) is 21.5 Å². The SMILES string of the molecule is O=C1CCc2[c-]cn3cccc1c23.[CH3-].[Y]. The van der Waals surface area contributed by atoms with Crippen LogP contribution in [0.2, 0.25) is 0 Å². The summed E-state index contributed by atoms with van der Waals surface area (Å²) in [4.78, 5) is 11.5. The van der Waals surface area contributed by atoms with Crippen LogP contribution in [0, 0.1) is 13.5 Å². The fraction of sp³-hybridized carbons (Fsp3) is 0.167. The van der Waals surface area contributed by atoms with Crippen molar-refractivity contribution in [1.29, 1.82) is 0 Å². The first-order valence-electron chi connectivity index (χ1n) is 4.40. The third-order valence-electron chi connectivity index (χ3n) is 2.59. The monoisotopic (exact) mass is 274 g/mol. The van der Waals surface area contributed by atoms with E-state index in [1.807, 2.05) is 28.9 Å². The van der Waals surface area contributed by atoms with Crippen molar-refractivity contribution in [2.45, 2.75) is 12.8 Å². The zero-order chi connectivity index (χ0) is 8.84. The molecule has 0 saturated carbocycles. The number of Topliss-reactive ketones (excluding diaryl/α,β-unsaturated/α-hetero) is 1. The molecule has 0 aromatic carbocycles. The molecule has 2 aromatic rings. The van der Waals surface area contributed by atoms with E-state index in [1.54, 1.807) is 0 Å². The number of rotatable bonds is 0. The summed E-state index contributed by atoms with van der Waals surface area (Å²) >= 11 is 0. The summed E-state index contributed by atoms with van der Waals surface area (Å²) in [5, 5.41) is 0. The van der Waals surface area contributed by atoms with Crippen molar-refractivity contribution in [2.75, 3.05) is 0 Å². The number of aromatic nitrogens is 1. The van der Waals surface area contributed by atoms with Gasteiger partial charge in [-0.05, 0) is 17.8 Å². The Morgan fingerprint density at radius 3 is 2.93 bits per heavy atom. The largest absolute Gasteiger partial charge is 0.419 e. The first-order chi connectivity index (χ1) is 6.36. The third kappa shape index (κ3) is 1.81. The van der Waals surface area contributed by atoms with E-state index in [0.29, 0.717) is 6.42 Å². The molecule has 0 fully saturated rings. The van der Waals surface area contributed by atoms with Crippen molar-refractivity contribution in [1.82, 2.24) is 4.40 Å². The molecule has 0 unspecified atom stereocenters. The molecule has 2 aromatic heterocycles. The molecule has 0 aliphatic heterocycles. The molecule has 1 aliphatic rings. The average molecular weight is 274 g/mol. The van der Waals surface area contributed by atoms with E-state index in [2.05, 4.69) is 6.07 Å². The fourth-order valence-corrected chi connectivity index (χ4v) is 1.96. The maximum absolute atomic E-state index is 11.5. The van der Waals surface area contributed by atoms with Crippen LogP contribution in [0.25, 0.3) is 5.52 Å². The van der Waals surface area contributed by atoms with Gasteiger partial charge in [-0.15, -0.1) is 6.20 Å². The quantitative estimate of drug-likeness (QED) is 0.675. The minimum atomic E-state index is 0. The van der Waals surface area contributed by atoms with Gasteiger partial charge in [0.2, 0.25) is 0 Å². The van der Waals surface area contributed by atoms with Gasteiger partial charge in [-0.2, -0.15) is 5.56 Å². The molecular formula is C12H11NOY-2. The number of carbonyl (C=O) groups is 1. The van der Waals surface area contributed by atoms with Crippen LogP contribution in [0.1, 0.15) is 22.3 Å². The summed E-state index contributed by atoms with van der Waals surface area (Å²) < 4.78 is 1.97. The summed E-state index contributed by atoms with van der Waals surface area (Å²) in [5.74, 6) is 0.255. The second kappa shape index (κ2) is 4.59. The molecule has 1 radical (unpaired) electrons. The van der Waals surface area contributed by atoms with Gasteiger partial charge < -0.3 is 11.8 Å². The van der Waals surface area contributed by atoms with E-state index in [9.17, 15) is 4.79 Å². The predicted molar refractivity (Wildman–Crippen MR) is 55.3 cm³/mol. The number of pyridine rings is 1. The van der Waals surface area contributed by atoms with E-state index < -0.39 is 0 Å². The van der Waals surface area contributed by atoms with Crippen LogP contribution < -0.4 is 0 Å². The minimum Gasteiger partial charge on any atom is -0.419 e. The van der Waals surface area contributed by atoms with E-state index in [0.717, 1.165) is 17.5 Å². The standard InChI is InChI=1S/C11H8NO.CH3.Y/c13-10-4-3-8-5-7-12-6-1-2-9(10)11(8)12;;/h1-2,6-7H,3-4H2;1H3;/q2*-1;. The molecule has 2 heterocycles. The molecule has 2 nitrogen and oxygen atoms in total. The maximum Gasteiger partial charge on any atom is 0.147 e. The molecule has 0 saturated heterocycles. The first-order valence-corrected chi connectivity index (χ1v) is 4.40. The number of carbonyl (C=O) groups excluding carboxylic acids is 1. The van der Waals surface area contributed by atoms with E-state index in [-0.39, 0.29) is 45.9 Å². The van der Waals surface area contributed by atoms with Crippen LogP contribution in [0.4, 0.5) is 0 Å². The summed E-state index contributed by atoms with van der Waals surface area (Å²) in [6.45, 7) is 0. The van der Waals surface area contributed by atoms with E-state index in [4.69, 9.17) is 0 Å². The van der Waals surface area contributed by atoms with Gasteiger partial charge in [0.05, 0.1) is 0 Å². The summed E-state index contributed by atoms with van der Waals surface area (Å²) in [5.41, 5.74) is 3.08. The molecule has 0 N–H and O–H groups in total. The Bertz CT molecular complexity index is 501. The predicted octanol–water partition coefficient (Wildman–Crippen LogP) is 2.32. The Hall–Kier alpha value is -0.466. The van der Waals surface area contributed by atoms with Crippen LogP contribution in [-0.4, -0.2) is 10.2 Å². The smallest absolute Gasteiger partial charge is 0.147 e. The van der Waals surface area contributed by atoms with Crippen LogP contribution in [-0.2, 0) is 39.1 Å². The van der Waals surface area contributed by atoms with Crippen molar-refractivity contribution in [2.24, 2.45) is 0 Å². The Morgan fingerprint density at radius 2 is 2.13 bits per heavy atom. The zero-order valence-electron chi connectivity index (χ0n) is 8.66. The van der Waals surface area contributed by atoms with Crippen LogP contribution in [0.3, 0.4) is 0 Å². The van der Waals surface area contributed by atoms with Crippen molar-refractivity contribution < 1.29 is 37.5 Å². The van der Waals surface area contributed by atoms with Crippen LogP contribution in [0.15, 0.2) is 24.5 Å². The molecule has 75 valence electrons. The van der Waals surface area contributed by atoms with Gasteiger partial charge in [0, 0.05) is 39.1 Å². The molecule has 3 heteroatoms. The molecule has 0 bridgehead atoms. The minimum absolute atomic E-state index is 0. The van der Waals surface area contributed by atoms with Crippen molar-refractivity contribution in [3.8, 4) is 0 Å². The fourth-order valence-electron chi connectivity index (χ4n) is 1.96. The van der Waals surface area contributed by atoms with Gasteiger partial charge >= 0.3 is 0 Å². The van der Waals surface area contributed by atoms with Gasteiger partial charge in [0.1, 0.15) is 5.78 Å². The number of hydrogen-bond acceptors (Lipinski definition) is 1. The molecule has 0 amide bonds. The molecule has 15 heavy (non-hydrogen) atoms. The number of ketones is 1. The average Bonchev–Trinajstić information content (AvgIpc) is 2.57. The molecule has 0 atom stereocenters. The number of hydrogen-bond donors (Lipinski definition) is 0. The maximum atomic E-state index is 11.5. The van der Waals surface area contributed by atoms with Crippen molar-refractivity contribution >= 4 is 11.3 Å². The van der Waals surface area contributed by atoms with Crippen molar-refractivity contribution in [3.63, 3.8) is 0 Å². The molecule has 0 spiro atoms. The van der Waals surface area contributed by atoms with Crippen molar-refractivity contribution in [3.05, 3.63) is 49.1 Å². The molecular weight excluding hydrogens is 263 g/mol. The number of nitrogens with zero attached hydrogens (tertiary/aromatic N) is 1. The Labute approximate surface area is 115 Å². The van der Waals surface area contributed by atoms with Gasteiger partial charge in [0.15, 0.2) is 0 Å². The summed E-state index contributed by atoms with van der Waals surface area (Å²) in [6.07, 6.45) is 5.32. The Kier molecular flexibility index (Phi) is 3.85. The number of aryl methyl sites for hydroxylation is 1. The van der Waals surface area contributed by atoms with E-state index >= 15 is 0 Å². The second-order valence-electron chi connectivity index (χ2n) is 3.35. The zero-order valence-corrected chi connectivity index (χ0v) is 11.5. The summed E-state index contributed by atoms with van der Waals surface area (Å²) in [6, 6.07) is 6.99. The first kappa shape index (κ1) is 12.6. The third-order valence-corrected chi connectivity index (χ3v) is 2.59. The van der Waals surface area contributed by atoms with Gasteiger partial charge in [-0.3, -0.25) is 4.79 Å². The Morgan fingerprint density at radius 1 is 1.33 bits per heavy atom. The molecule has 1 aliphatic carbocycles. The normalized spacial score (nSPS) is 13.2. The van der Waals surface area contributed by atoms with Crippen LogP contribution >= 0.6 is 0 Å². The van der Waals surface area contributed by atoms with E-state index in [1.165, 1.54) is 5.56 Å².